The average Bonchev–Trinajstić information content (AvgIpc) is 3.13. The van der Waals surface area contributed by atoms with E-state index >= 15 is 0 Å². The molecule has 0 unspecified atom stereocenters. The summed E-state index contributed by atoms with van der Waals surface area (Å²) in [6.45, 7) is 0.641. The number of anilines is 1. The highest BCUT2D eigenvalue weighted by Crippen LogP contribution is 2.27. The van der Waals surface area contributed by atoms with E-state index in [1.54, 1.807) is 0 Å². The number of urea groups is 1. The Labute approximate surface area is 109 Å². The quantitative estimate of drug-likeness (QED) is 0.785. The van der Waals surface area contributed by atoms with Crippen molar-refractivity contribution in [1.82, 2.24) is 5.32 Å². The number of hydrogen-bond acceptors (Lipinski definition) is 2. The molecule has 1 fully saturated rings. The Kier molecular flexibility index (Phi) is 3.72. The number of carbonyl (C=O) groups is 2. The largest absolute Gasteiger partial charge is 0.478 e. The molecule has 6 heteroatoms. The summed E-state index contributed by atoms with van der Waals surface area (Å²) in [4.78, 5) is 22.4. The third-order valence-corrected chi connectivity index (χ3v) is 3.04. The summed E-state index contributed by atoms with van der Waals surface area (Å²) in [5.41, 5.74) is 0.377. The van der Waals surface area contributed by atoms with Crippen molar-refractivity contribution in [3.63, 3.8) is 0 Å². The molecule has 2 rings (SSSR count). The molecule has 0 heterocycles. The van der Waals surface area contributed by atoms with Crippen LogP contribution in [0.25, 0.3) is 0 Å². The van der Waals surface area contributed by atoms with Crippen molar-refractivity contribution < 1.29 is 14.7 Å². The number of amides is 2. The highest BCUT2D eigenvalue weighted by molar-refractivity contribution is 6.33. The van der Waals surface area contributed by atoms with E-state index in [9.17, 15) is 9.59 Å². The van der Waals surface area contributed by atoms with Crippen molar-refractivity contribution in [2.45, 2.75) is 12.8 Å². The highest BCUT2D eigenvalue weighted by Gasteiger charge is 2.21. The van der Waals surface area contributed by atoms with E-state index in [0.717, 1.165) is 12.8 Å². The molecule has 0 bridgehead atoms. The van der Waals surface area contributed by atoms with Crippen molar-refractivity contribution in [1.29, 1.82) is 0 Å². The molecule has 0 aromatic heterocycles. The van der Waals surface area contributed by atoms with Gasteiger partial charge >= 0.3 is 12.0 Å². The third-order valence-electron chi connectivity index (χ3n) is 2.71. The normalized spacial score (nSPS) is 14.1. The zero-order valence-corrected chi connectivity index (χ0v) is 10.3. The van der Waals surface area contributed by atoms with Crippen LogP contribution in [0.15, 0.2) is 18.2 Å². The number of aromatic carboxylic acids is 1. The van der Waals surface area contributed by atoms with E-state index in [1.165, 1.54) is 18.2 Å². The maximum atomic E-state index is 11.5. The Hall–Kier alpha value is -1.75. The van der Waals surface area contributed by atoms with Crippen molar-refractivity contribution >= 4 is 29.3 Å². The Bertz CT molecular complexity index is 486. The Morgan fingerprint density at radius 3 is 2.72 bits per heavy atom. The van der Waals surface area contributed by atoms with Crippen LogP contribution >= 0.6 is 11.6 Å². The number of hydrogen-bond donors (Lipinski definition) is 3. The first-order valence-corrected chi connectivity index (χ1v) is 6.02. The van der Waals surface area contributed by atoms with Crippen LogP contribution in [0, 0.1) is 5.92 Å². The smallest absolute Gasteiger partial charge is 0.335 e. The van der Waals surface area contributed by atoms with Crippen LogP contribution in [-0.4, -0.2) is 23.7 Å². The number of halogens is 1. The lowest BCUT2D eigenvalue weighted by Crippen LogP contribution is -2.30. The van der Waals surface area contributed by atoms with Gasteiger partial charge in [-0.25, -0.2) is 9.59 Å². The van der Waals surface area contributed by atoms with Crippen molar-refractivity contribution in [3.8, 4) is 0 Å². The van der Waals surface area contributed by atoms with Gasteiger partial charge in [0.15, 0.2) is 0 Å². The minimum Gasteiger partial charge on any atom is -0.478 e. The van der Waals surface area contributed by atoms with Crippen LogP contribution in [-0.2, 0) is 0 Å². The molecule has 2 amide bonds. The predicted molar refractivity (Wildman–Crippen MR) is 68.2 cm³/mol. The van der Waals surface area contributed by atoms with Crippen LogP contribution in [0.1, 0.15) is 23.2 Å². The number of carboxylic acid groups (broad SMARTS) is 1. The van der Waals surface area contributed by atoms with E-state index in [-0.39, 0.29) is 11.6 Å². The molecule has 0 radical (unpaired) electrons. The second-order valence-electron chi connectivity index (χ2n) is 4.28. The van der Waals surface area contributed by atoms with Gasteiger partial charge in [-0.05, 0) is 37.0 Å². The van der Waals surface area contributed by atoms with Crippen LogP contribution in [0.2, 0.25) is 5.02 Å². The summed E-state index contributed by atoms with van der Waals surface area (Å²) < 4.78 is 0. The standard InChI is InChI=1S/C12H13ClN2O3/c13-9-4-3-8(11(16)17)5-10(9)15-12(18)14-6-7-1-2-7/h3-5,7H,1-2,6H2,(H,16,17)(H2,14,15,18). The summed E-state index contributed by atoms with van der Waals surface area (Å²) in [5.74, 6) is -0.482. The fourth-order valence-corrected chi connectivity index (χ4v) is 1.64. The highest BCUT2D eigenvalue weighted by atomic mass is 35.5. The molecule has 0 saturated heterocycles. The van der Waals surface area contributed by atoms with Gasteiger partial charge in [-0.1, -0.05) is 11.6 Å². The van der Waals surface area contributed by atoms with Gasteiger partial charge < -0.3 is 15.7 Å². The first-order chi connectivity index (χ1) is 8.56. The zero-order chi connectivity index (χ0) is 13.1. The van der Waals surface area contributed by atoms with Gasteiger partial charge in [0.2, 0.25) is 0 Å². The van der Waals surface area contributed by atoms with Gasteiger partial charge in [0.05, 0.1) is 16.3 Å². The van der Waals surface area contributed by atoms with Crippen molar-refractivity contribution in [3.05, 3.63) is 28.8 Å². The first-order valence-electron chi connectivity index (χ1n) is 5.64. The second-order valence-corrected chi connectivity index (χ2v) is 4.69. The minimum absolute atomic E-state index is 0.0805. The molecular formula is C12H13ClN2O3. The van der Waals surface area contributed by atoms with E-state index in [2.05, 4.69) is 10.6 Å². The maximum Gasteiger partial charge on any atom is 0.335 e. The summed E-state index contributed by atoms with van der Waals surface area (Å²) in [6.07, 6.45) is 2.30. The summed E-state index contributed by atoms with van der Waals surface area (Å²) >= 11 is 5.88. The van der Waals surface area contributed by atoms with Gasteiger partial charge in [-0.3, -0.25) is 0 Å². The predicted octanol–water partition coefficient (Wildman–Crippen LogP) is 2.57. The lowest BCUT2D eigenvalue weighted by Gasteiger charge is -2.09. The molecule has 1 aliphatic rings. The monoisotopic (exact) mass is 268 g/mol. The third kappa shape index (κ3) is 3.37. The van der Waals surface area contributed by atoms with Gasteiger partial charge in [-0.15, -0.1) is 0 Å². The molecule has 1 aromatic carbocycles. The molecule has 96 valence electrons. The SMILES string of the molecule is O=C(NCC1CC1)Nc1cc(C(=O)O)ccc1Cl. The number of carboxylic acids is 1. The lowest BCUT2D eigenvalue weighted by atomic mass is 10.2. The maximum absolute atomic E-state index is 11.5. The van der Waals surface area contributed by atoms with Crippen LogP contribution in [0.4, 0.5) is 10.5 Å². The van der Waals surface area contributed by atoms with Crippen molar-refractivity contribution in [2.24, 2.45) is 5.92 Å². The summed E-state index contributed by atoms with van der Waals surface area (Å²) in [6, 6.07) is 3.80. The molecule has 1 saturated carbocycles. The van der Waals surface area contributed by atoms with E-state index < -0.39 is 5.97 Å². The number of carbonyl (C=O) groups excluding carboxylic acids is 1. The molecule has 5 nitrogen and oxygen atoms in total. The Morgan fingerprint density at radius 2 is 2.11 bits per heavy atom. The van der Waals surface area contributed by atoms with E-state index in [0.29, 0.717) is 23.2 Å². The van der Waals surface area contributed by atoms with Crippen molar-refractivity contribution in [2.75, 3.05) is 11.9 Å². The second kappa shape index (κ2) is 5.27. The van der Waals surface area contributed by atoms with Gasteiger partial charge in [0, 0.05) is 6.54 Å². The zero-order valence-electron chi connectivity index (χ0n) is 9.57. The topological polar surface area (TPSA) is 78.4 Å². The van der Waals surface area contributed by atoms with E-state index in [1.807, 2.05) is 0 Å². The summed E-state index contributed by atoms with van der Waals surface area (Å²) in [5, 5.41) is 14.4. The number of rotatable bonds is 4. The van der Waals surface area contributed by atoms with Gasteiger partial charge in [-0.2, -0.15) is 0 Å². The van der Waals surface area contributed by atoms with E-state index in [4.69, 9.17) is 16.7 Å². The fraction of sp³-hybridized carbons (Fsp3) is 0.333. The summed E-state index contributed by atoms with van der Waals surface area (Å²) in [7, 11) is 0. The number of benzene rings is 1. The Balaban J connectivity index is 1.99. The molecule has 18 heavy (non-hydrogen) atoms. The molecule has 1 aliphatic carbocycles. The lowest BCUT2D eigenvalue weighted by molar-refractivity contribution is 0.0697. The first kappa shape index (κ1) is 12.7. The van der Waals surface area contributed by atoms with Crippen LogP contribution in [0.3, 0.4) is 0 Å². The fourth-order valence-electron chi connectivity index (χ4n) is 1.48. The molecular weight excluding hydrogens is 256 g/mol. The molecule has 0 aliphatic heterocycles. The van der Waals surface area contributed by atoms with Gasteiger partial charge in [0.1, 0.15) is 0 Å². The average molecular weight is 269 g/mol. The van der Waals surface area contributed by atoms with Crippen LogP contribution in [0.5, 0.6) is 0 Å². The Morgan fingerprint density at radius 1 is 1.39 bits per heavy atom. The molecule has 3 N–H and O–H groups in total. The van der Waals surface area contributed by atoms with Gasteiger partial charge in [0.25, 0.3) is 0 Å². The molecule has 0 atom stereocenters. The molecule has 0 spiro atoms. The molecule has 1 aromatic rings. The minimum atomic E-state index is -1.06. The van der Waals surface area contributed by atoms with Crippen LogP contribution < -0.4 is 10.6 Å². The number of nitrogens with one attached hydrogen (secondary N) is 2.